The highest BCUT2D eigenvalue weighted by molar-refractivity contribution is 7.80. The van der Waals surface area contributed by atoms with Crippen LogP contribution in [0.5, 0.6) is 0 Å². The summed E-state index contributed by atoms with van der Waals surface area (Å²) in [7, 11) is 0. The number of nitrogens with zero attached hydrogens (tertiary/aromatic N) is 2. The van der Waals surface area contributed by atoms with Gasteiger partial charge in [0.15, 0.2) is 0 Å². The third kappa shape index (κ3) is 1.93. The highest BCUT2D eigenvalue weighted by atomic mass is 32.1. The minimum absolute atomic E-state index is 0.402. The molecule has 1 aliphatic rings. The molecule has 0 N–H and O–H groups in total. The minimum Gasteiger partial charge on any atom is -0.245 e. The van der Waals surface area contributed by atoms with Crippen LogP contribution in [0, 0.1) is 17.2 Å². The summed E-state index contributed by atoms with van der Waals surface area (Å²) in [4.78, 5) is 4.62. The predicted molar refractivity (Wildman–Crippen MR) is 69.2 cm³/mol. The van der Waals surface area contributed by atoms with E-state index < -0.39 is 5.92 Å². The molecule has 0 spiro atoms. The molecule has 2 nitrogen and oxygen atoms in total. The zero-order valence-electron chi connectivity index (χ0n) is 8.84. The molecule has 0 unspecified atom stereocenters. The Hall–Kier alpha value is -1.79. The molecule has 0 amide bonds. The molecule has 1 aromatic rings. The Morgan fingerprint density at radius 3 is 2.62 bits per heavy atom. The van der Waals surface area contributed by atoms with Gasteiger partial charge in [-0.15, -0.1) is 0 Å². The monoisotopic (exact) mass is 226 g/mol. The van der Waals surface area contributed by atoms with Gasteiger partial charge in [0.1, 0.15) is 10.9 Å². The molecule has 0 saturated heterocycles. The lowest BCUT2D eigenvalue weighted by Gasteiger charge is -2.17. The average molecular weight is 226 g/mol. The molecule has 1 aromatic carbocycles. The van der Waals surface area contributed by atoms with Crippen molar-refractivity contribution in [2.45, 2.75) is 6.92 Å². The molecular weight excluding hydrogens is 216 g/mol. The normalized spacial score (nSPS) is 19.8. The first-order valence-corrected chi connectivity index (χ1v) is 5.39. The Balaban J connectivity index is 2.51. The highest BCUT2D eigenvalue weighted by Crippen LogP contribution is 2.27. The number of thiocarbonyl (C=S) groups is 1. The second-order valence-electron chi connectivity index (χ2n) is 3.62. The Labute approximate surface area is 99.9 Å². The molecule has 1 aliphatic heterocycles. The molecule has 0 fully saturated rings. The molecule has 1 atom stereocenters. The summed E-state index contributed by atoms with van der Waals surface area (Å²) in [6.07, 6.45) is 1.93. The smallest absolute Gasteiger partial charge is 0.125 e. The molecular formula is C13H10N2S. The van der Waals surface area contributed by atoms with Crippen molar-refractivity contribution in [3.63, 3.8) is 0 Å². The van der Waals surface area contributed by atoms with Crippen LogP contribution in [0.4, 0.5) is 0 Å². The van der Waals surface area contributed by atoms with Gasteiger partial charge in [0.05, 0.1) is 6.07 Å². The molecule has 0 aromatic heterocycles. The van der Waals surface area contributed by atoms with E-state index in [4.69, 9.17) is 17.5 Å². The van der Waals surface area contributed by atoms with E-state index in [2.05, 4.69) is 11.1 Å². The Bertz CT molecular complexity index is 521. The number of rotatable bonds is 1. The highest BCUT2D eigenvalue weighted by Gasteiger charge is 2.23. The van der Waals surface area contributed by atoms with Crippen LogP contribution >= 0.6 is 12.2 Å². The van der Waals surface area contributed by atoms with Crippen LogP contribution < -0.4 is 0 Å². The van der Waals surface area contributed by atoms with Crippen molar-refractivity contribution in [3.8, 4) is 6.07 Å². The SMILES string of the molecule is CC1=NC(=S)[C@@H](C#N)C(c2ccccc2)=C1. The molecule has 2 rings (SSSR count). The summed E-state index contributed by atoms with van der Waals surface area (Å²) >= 11 is 5.13. The maximum Gasteiger partial charge on any atom is 0.125 e. The summed E-state index contributed by atoms with van der Waals surface area (Å²) in [6, 6.07) is 12.0. The van der Waals surface area contributed by atoms with Crippen LogP contribution in [0.15, 0.2) is 41.4 Å². The standard InChI is InChI=1S/C13H10N2S/c1-9-7-11(10-5-3-2-4-6-10)12(8-14)13(16)15-9/h2-7,12H,1H3/t12-/m0/s1. The summed E-state index contributed by atoms with van der Waals surface area (Å²) in [6.45, 7) is 1.89. The second-order valence-corrected chi connectivity index (χ2v) is 4.04. The van der Waals surface area contributed by atoms with Gasteiger partial charge < -0.3 is 0 Å². The minimum atomic E-state index is -0.402. The lowest BCUT2D eigenvalue weighted by molar-refractivity contribution is 1.16. The Kier molecular flexibility index (Phi) is 2.93. The topological polar surface area (TPSA) is 36.1 Å². The summed E-state index contributed by atoms with van der Waals surface area (Å²) in [5, 5.41) is 9.13. The van der Waals surface area contributed by atoms with Gasteiger partial charge in [-0.25, -0.2) is 4.99 Å². The Morgan fingerprint density at radius 1 is 1.31 bits per heavy atom. The zero-order valence-corrected chi connectivity index (χ0v) is 9.66. The third-order valence-electron chi connectivity index (χ3n) is 2.45. The number of dihydropyridines is 1. The zero-order chi connectivity index (χ0) is 11.5. The maximum absolute atomic E-state index is 9.13. The number of benzene rings is 1. The lowest BCUT2D eigenvalue weighted by atomic mass is 9.90. The van der Waals surface area contributed by atoms with Crippen LogP contribution in [-0.2, 0) is 0 Å². The molecule has 1 heterocycles. The first-order chi connectivity index (χ1) is 7.72. The number of allylic oxidation sites excluding steroid dienone is 1. The summed E-state index contributed by atoms with van der Waals surface area (Å²) < 4.78 is 0. The van der Waals surface area contributed by atoms with Gasteiger partial charge in [-0.05, 0) is 24.1 Å². The largest absolute Gasteiger partial charge is 0.245 e. The molecule has 3 heteroatoms. The van der Waals surface area contributed by atoms with Gasteiger partial charge in [0, 0.05) is 5.71 Å². The van der Waals surface area contributed by atoms with Crippen LogP contribution in [-0.4, -0.2) is 10.7 Å². The summed E-state index contributed by atoms with van der Waals surface area (Å²) in [5.74, 6) is -0.402. The lowest BCUT2D eigenvalue weighted by Crippen LogP contribution is -2.16. The van der Waals surface area contributed by atoms with E-state index in [-0.39, 0.29) is 0 Å². The molecule has 16 heavy (non-hydrogen) atoms. The van der Waals surface area contributed by atoms with Crippen molar-refractivity contribution in [2.75, 3.05) is 0 Å². The van der Waals surface area contributed by atoms with Crippen molar-refractivity contribution < 1.29 is 0 Å². The summed E-state index contributed by atoms with van der Waals surface area (Å²) in [5.41, 5.74) is 2.83. The van der Waals surface area contributed by atoms with E-state index in [1.54, 1.807) is 0 Å². The van der Waals surface area contributed by atoms with Crippen molar-refractivity contribution in [1.82, 2.24) is 0 Å². The van der Waals surface area contributed by atoms with E-state index in [1.807, 2.05) is 43.3 Å². The molecule has 0 radical (unpaired) electrons. The van der Waals surface area contributed by atoms with E-state index >= 15 is 0 Å². The van der Waals surface area contributed by atoms with Crippen molar-refractivity contribution in [1.29, 1.82) is 5.26 Å². The first kappa shape index (κ1) is 10.7. The van der Waals surface area contributed by atoms with E-state index in [1.165, 1.54) is 0 Å². The number of hydrogen-bond acceptors (Lipinski definition) is 2. The van der Waals surface area contributed by atoms with Crippen LogP contribution in [0.3, 0.4) is 0 Å². The first-order valence-electron chi connectivity index (χ1n) is 4.98. The third-order valence-corrected chi connectivity index (χ3v) is 2.77. The molecule has 0 bridgehead atoms. The van der Waals surface area contributed by atoms with Gasteiger partial charge >= 0.3 is 0 Å². The van der Waals surface area contributed by atoms with Gasteiger partial charge in [0.25, 0.3) is 0 Å². The van der Waals surface area contributed by atoms with Crippen LogP contribution in [0.1, 0.15) is 12.5 Å². The second kappa shape index (κ2) is 4.38. The number of aliphatic imine (C=N–C) groups is 1. The van der Waals surface area contributed by atoms with Crippen molar-refractivity contribution in [2.24, 2.45) is 10.9 Å². The fourth-order valence-corrected chi connectivity index (χ4v) is 2.04. The molecule has 78 valence electrons. The van der Waals surface area contributed by atoms with Crippen LogP contribution in [0.25, 0.3) is 5.57 Å². The average Bonchev–Trinajstić information content (AvgIpc) is 2.29. The number of hydrogen-bond donors (Lipinski definition) is 0. The predicted octanol–water partition coefficient (Wildman–Crippen LogP) is 3.01. The fraction of sp³-hybridized carbons (Fsp3) is 0.154. The van der Waals surface area contributed by atoms with Gasteiger partial charge in [0.2, 0.25) is 0 Å². The van der Waals surface area contributed by atoms with E-state index in [0.717, 1.165) is 16.8 Å². The van der Waals surface area contributed by atoms with Crippen LogP contribution in [0.2, 0.25) is 0 Å². The quantitative estimate of drug-likeness (QED) is 0.690. The number of nitriles is 1. The van der Waals surface area contributed by atoms with Gasteiger partial charge in [-0.3, -0.25) is 0 Å². The maximum atomic E-state index is 9.13. The van der Waals surface area contributed by atoms with E-state index in [9.17, 15) is 0 Å². The Morgan fingerprint density at radius 2 is 2.00 bits per heavy atom. The fourth-order valence-electron chi connectivity index (χ4n) is 1.72. The molecule has 0 aliphatic carbocycles. The van der Waals surface area contributed by atoms with Gasteiger partial charge in [-0.1, -0.05) is 42.5 Å². The van der Waals surface area contributed by atoms with Crippen molar-refractivity contribution >= 4 is 28.5 Å². The molecule has 0 saturated carbocycles. The van der Waals surface area contributed by atoms with Gasteiger partial charge in [-0.2, -0.15) is 5.26 Å². The van der Waals surface area contributed by atoms with E-state index in [0.29, 0.717) is 4.99 Å². The van der Waals surface area contributed by atoms with Crippen molar-refractivity contribution in [3.05, 3.63) is 42.0 Å².